The number of hydrogen-bond acceptors (Lipinski definition) is 3. The van der Waals surface area contributed by atoms with Gasteiger partial charge in [0, 0.05) is 9.85 Å². The molecule has 1 amide bonds. The molecule has 0 aromatic carbocycles. The first kappa shape index (κ1) is 13.2. The first-order chi connectivity index (χ1) is 7.41. The highest BCUT2D eigenvalue weighted by molar-refractivity contribution is 9.10. The van der Waals surface area contributed by atoms with Gasteiger partial charge in [-0.1, -0.05) is 13.8 Å². The number of carboxylic acids is 1. The maximum Gasteiger partial charge on any atom is 0.326 e. The highest BCUT2D eigenvalue weighted by Crippen LogP contribution is 2.19. The zero-order valence-electron chi connectivity index (χ0n) is 8.86. The van der Waals surface area contributed by atoms with Gasteiger partial charge in [0.2, 0.25) is 0 Å². The summed E-state index contributed by atoms with van der Waals surface area (Å²) in [6.45, 7) is 3.51. The molecule has 0 aliphatic heterocycles. The van der Waals surface area contributed by atoms with Crippen LogP contribution in [0.2, 0.25) is 0 Å². The molecule has 0 saturated carbocycles. The molecule has 0 fully saturated rings. The van der Waals surface area contributed by atoms with Crippen molar-refractivity contribution in [3.63, 3.8) is 0 Å². The summed E-state index contributed by atoms with van der Waals surface area (Å²) >= 11 is 4.51. The van der Waals surface area contributed by atoms with Gasteiger partial charge in [-0.2, -0.15) is 0 Å². The Morgan fingerprint density at radius 1 is 1.50 bits per heavy atom. The summed E-state index contributed by atoms with van der Waals surface area (Å²) < 4.78 is 0.819. The summed E-state index contributed by atoms with van der Waals surface area (Å²) in [5.41, 5.74) is 0. The number of aliphatic carboxylic acids is 1. The van der Waals surface area contributed by atoms with E-state index in [2.05, 4.69) is 21.2 Å². The Morgan fingerprint density at radius 2 is 2.12 bits per heavy atom. The van der Waals surface area contributed by atoms with Gasteiger partial charge in [-0.05, 0) is 27.9 Å². The molecule has 6 heteroatoms. The maximum atomic E-state index is 11.7. The van der Waals surface area contributed by atoms with Crippen LogP contribution in [-0.4, -0.2) is 23.0 Å². The van der Waals surface area contributed by atoms with Gasteiger partial charge >= 0.3 is 5.97 Å². The van der Waals surface area contributed by atoms with Crippen molar-refractivity contribution in [1.82, 2.24) is 5.32 Å². The Balaban J connectivity index is 2.73. The van der Waals surface area contributed by atoms with Crippen LogP contribution in [0, 0.1) is 5.92 Å². The molecule has 1 heterocycles. The Hall–Kier alpha value is -0.880. The topological polar surface area (TPSA) is 66.4 Å². The van der Waals surface area contributed by atoms with Crippen molar-refractivity contribution in [3.8, 4) is 0 Å². The molecular formula is C10H12BrNO3S. The van der Waals surface area contributed by atoms with Crippen molar-refractivity contribution >= 4 is 39.1 Å². The van der Waals surface area contributed by atoms with Crippen LogP contribution in [0.25, 0.3) is 0 Å². The van der Waals surface area contributed by atoms with Crippen molar-refractivity contribution in [2.24, 2.45) is 5.92 Å². The molecule has 1 aromatic rings. The fourth-order valence-electron chi connectivity index (χ4n) is 1.16. The minimum Gasteiger partial charge on any atom is -0.480 e. The van der Waals surface area contributed by atoms with Crippen LogP contribution < -0.4 is 5.32 Å². The third-order valence-corrected chi connectivity index (χ3v) is 3.70. The number of carbonyl (C=O) groups excluding carboxylic acids is 1. The number of amides is 1. The lowest BCUT2D eigenvalue weighted by Gasteiger charge is -2.17. The number of hydrogen-bond donors (Lipinski definition) is 2. The van der Waals surface area contributed by atoms with E-state index < -0.39 is 12.0 Å². The molecule has 0 spiro atoms. The minimum absolute atomic E-state index is 0.148. The first-order valence-electron chi connectivity index (χ1n) is 4.69. The summed E-state index contributed by atoms with van der Waals surface area (Å²) in [7, 11) is 0. The quantitative estimate of drug-likeness (QED) is 0.897. The summed E-state index contributed by atoms with van der Waals surface area (Å²) in [6, 6.07) is 0.813. The van der Waals surface area contributed by atoms with Crippen LogP contribution >= 0.6 is 27.3 Å². The molecule has 2 N–H and O–H groups in total. The third-order valence-electron chi connectivity index (χ3n) is 2.01. The lowest BCUT2D eigenvalue weighted by atomic mass is 10.0. The molecule has 0 aliphatic rings. The zero-order chi connectivity index (χ0) is 12.3. The zero-order valence-corrected chi connectivity index (χ0v) is 11.3. The Bertz CT molecular complexity index is 403. The molecule has 1 aromatic heterocycles. The number of nitrogens with one attached hydrogen (secondary N) is 1. The van der Waals surface area contributed by atoms with E-state index >= 15 is 0 Å². The molecule has 1 rings (SSSR count). The monoisotopic (exact) mass is 305 g/mol. The van der Waals surface area contributed by atoms with Crippen molar-refractivity contribution in [3.05, 3.63) is 20.8 Å². The second kappa shape index (κ2) is 5.45. The van der Waals surface area contributed by atoms with Gasteiger partial charge in [0.05, 0.1) is 4.88 Å². The van der Waals surface area contributed by atoms with E-state index in [1.54, 1.807) is 25.3 Å². The van der Waals surface area contributed by atoms with E-state index in [0.717, 1.165) is 4.47 Å². The Kier molecular flexibility index (Phi) is 4.49. The van der Waals surface area contributed by atoms with E-state index in [1.165, 1.54) is 11.3 Å². The number of carboxylic acid groups (broad SMARTS) is 1. The molecule has 1 atom stereocenters. The molecule has 0 unspecified atom stereocenters. The van der Waals surface area contributed by atoms with Crippen molar-refractivity contribution < 1.29 is 14.7 Å². The van der Waals surface area contributed by atoms with Crippen LogP contribution in [0.15, 0.2) is 15.9 Å². The van der Waals surface area contributed by atoms with Crippen molar-refractivity contribution in [2.45, 2.75) is 19.9 Å². The predicted molar refractivity (Wildman–Crippen MR) is 65.7 cm³/mol. The highest BCUT2D eigenvalue weighted by Gasteiger charge is 2.24. The average Bonchev–Trinajstić information content (AvgIpc) is 2.59. The van der Waals surface area contributed by atoms with E-state index in [1.807, 2.05) is 0 Å². The van der Waals surface area contributed by atoms with Gasteiger partial charge in [0.1, 0.15) is 6.04 Å². The predicted octanol–water partition coefficient (Wildman–Crippen LogP) is 2.35. The Morgan fingerprint density at radius 3 is 2.50 bits per heavy atom. The average molecular weight is 306 g/mol. The van der Waals surface area contributed by atoms with E-state index in [4.69, 9.17) is 5.11 Å². The molecule has 0 bridgehead atoms. The fraction of sp³-hybridized carbons (Fsp3) is 0.400. The molecule has 16 heavy (non-hydrogen) atoms. The van der Waals surface area contributed by atoms with Gasteiger partial charge in [0.15, 0.2) is 0 Å². The smallest absolute Gasteiger partial charge is 0.326 e. The second-order valence-corrected chi connectivity index (χ2v) is 5.49. The largest absolute Gasteiger partial charge is 0.480 e. The van der Waals surface area contributed by atoms with Crippen LogP contribution in [0.3, 0.4) is 0 Å². The molecular weight excluding hydrogens is 294 g/mol. The molecule has 4 nitrogen and oxygen atoms in total. The van der Waals surface area contributed by atoms with Gasteiger partial charge in [-0.25, -0.2) is 4.79 Å². The number of thiophene rings is 1. The SMILES string of the molecule is CC(C)[C@@H](NC(=O)c1cc(Br)cs1)C(=O)O. The van der Waals surface area contributed by atoms with Crippen molar-refractivity contribution in [2.75, 3.05) is 0 Å². The van der Waals surface area contributed by atoms with Gasteiger partial charge in [-0.15, -0.1) is 11.3 Å². The molecule has 88 valence electrons. The lowest BCUT2D eigenvalue weighted by Crippen LogP contribution is -2.44. The van der Waals surface area contributed by atoms with E-state index in [-0.39, 0.29) is 11.8 Å². The van der Waals surface area contributed by atoms with Gasteiger partial charge in [-0.3, -0.25) is 4.79 Å². The second-order valence-electron chi connectivity index (χ2n) is 3.66. The van der Waals surface area contributed by atoms with Crippen molar-refractivity contribution in [1.29, 1.82) is 0 Å². The Labute approximate surface area is 106 Å². The number of rotatable bonds is 4. The first-order valence-corrected chi connectivity index (χ1v) is 6.36. The van der Waals surface area contributed by atoms with Crippen LogP contribution in [-0.2, 0) is 4.79 Å². The van der Waals surface area contributed by atoms with Crippen LogP contribution in [0.4, 0.5) is 0 Å². The standard InChI is InChI=1S/C10H12BrNO3S/c1-5(2)8(10(14)15)12-9(13)7-3-6(11)4-16-7/h3-5,8H,1-2H3,(H,12,13)(H,14,15)/t8-/m1/s1. The third kappa shape index (κ3) is 3.31. The van der Waals surface area contributed by atoms with E-state index in [0.29, 0.717) is 4.88 Å². The number of carbonyl (C=O) groups is 2. The van der Waals surface area contributed by atoms with Crippen LogP contribution in [0.1, 0.15) is 23.5 Å². The van der Waals surface area contributed by atoms with Crippen LogP contribution in [0.5, 0.6) is 0 Å². The lowest BCUT2D eigenvalue weighted by molar-refractivity contribution is -0.140. The molecule has 0 saturated heterocycles. The summed E-state index contributed by atoms with van der Waals surface area (Å²) in [6.07, 6.45) is 0. The molecule has 0 aliphatic carbocycles. The van der Waals surface area contributed by atoms with Gasteiger partial charge < -0.3 is 10.4 Å². The molecule has 0 radical (unpaired) electrons. The van der Waals surface area contributed by atoms with Gasteiger partial charge in [0.25, 0.3) is 5.91 Å². The normalized spacial score (nSPS) is 12.5. The summed E-state index contributed by atoms with van der Waals surface area (Å²) in [5, 5.41) is 13.2. The highest BCUT2D eigenvalue weighted by atomic mass is 79.9. The van der Waals surface area contributed by atoms with E-state index in [9.17, 15) is 9.59 Å². The summed E-state index contributed by atoms with van der Waals surface area (Å²) in [5.74, 6) is -1.51. The number of halogens is 1. The summed E-state index contributed by atoms with van der Waals surface area (Å²) in [4.78, 5) is 23.1. The fourth-order valence-corrected chi connectivity index (χ4v) is 2.49. The maximum absolute atomic E-state index is 11.7. The minimum atomic E-state index is -1.01.